The van der Waals surface area contributed by atoms with E-state index in [4.69, 9.17) is 0 Å². The normalized spacial score (nSPS) is 11.5. The Kier molecular flexibility index (Phi) is 7.26. The van der Waals surface area contributed by atoms with E-state index in [-0.39, 0.29) is 0 Å². The van der Waals surface area contributed by atoms with Crippen molar-refractivity contribution >= 4 is 80.1 Å². The summed E-state index contributed by atoms with van der Waals surface area (Å²) in [7, 11) is 0. The molecule has 2 heterocycles. The molecule has 0 unspecified atom stereocenters. The van der Waals surface area contributed by atoms with Crippen molar-refractivity contribution < 1.29 is 0 Å². The Bertz CT molecular complexity index is 2850. The number of benzene rings is 8. The molecule has 8 aromatic carbocycles. The highest BCUT2D eigenvalue weighted by atomic mass is 32.1. The van der Waals surface area contributed by atoms with E-state index in [1.807, 2.05) is 22.7 Å². The van der Waals surface area contributed by atoms with Crippen LogP contribution in [0.15, 0.2) is 188 Å². The third-order valence-electron chi connectivity index (χ3n) is 9.88. The second kappa shape index (κ2) is 12.4. The highest BCUT2D eigenvalue weighted by Crippen LogP contribution is 2.49. The quantitative estimate of drug-likeness (QED) is 0.168. The van der Waals surface area contributed by atoms with Crippen LogP contribution < -0.4 is 4.90 Å². The number of anilines is 3. The van der Waals surface area contributed by atoms with Crippen LogP contribution in [0.4, 0.5) is 17.1 Å². The number of rotatable bonds is 6. The van der Waals surface area contributed by atoms with Crippen molar-refractivity contribution in [2.24, 2.45) is 0 Å². The Labute approximate surface area is 304 Å². The van der Waals surface area contributed by atoms with Gasteiger partial charge in [0.25, 0.3) is 0 Å². The van der Waals surface area contributed by atoms with Crippen LogP contribution in [-0.2, 0) is 0 Å². The van der Waals surface area contributed by atoms with Crippen LogP contribution in [0.2, 0.25) is 0 Å². The molecule has 10 rings (SSSR count). The molecule has 0 atom stereocenters. The fourth-order valence-electron chi connectivity index (χ4n) is 7.54. The summed E-state index contributed by atoms with van der Waals surface area (Å²) in [4.78, 5) is 2.45. The van der Waals surface area contributed by atoms with Crippen molar-refractivity contribution in [1.29, 1.82) is 0 Å². The van der Waals surface area contributed by atoms with Gasteiger partial charge in [-0.3, -0.25) is 0 Å². The van der Waals surface area contributed by atoms with Gasteiger partial charge in [-0.25, -0.2) is 0 Å². The van der Waals surface area contributed by atoms with E-state index in [1.165, 1.54) is 79.4 Å². The molecule has 0 N–H and O–H groups in total. The summed E-state index contributed by atoms with van der Waals surface area (Å²) < 4.78 is 5.22. The summed E-state index contributed by atoms with van der Waals surface area (Å²) in [6.07, 6.45) is 0. The van der Waals surface area contributed by atoms with Crippen LogP contribution in [0, 0.1) is 0 Å². The van der Waals surface area contributed by atoms with Gasteiger partial charge in [0.2, 0.25) is 0 Å². The molecular formula is C48H31NS2. The van der Waals surface area contributed by atoms with E-state index in [1.54, 1.807) is 0 Å². The van der Waals surface area contributed by atoms with E-state index in [9.17, 15) is 0 Å². The van der Waals surface area contributed by atoms with Gasteiger partial charge in [-0.2, -0.15) is 0 Å². The summed E-state index contributed by atoms with van der Waals surface area (Å²) >= 11 is 3.75. The third-order valence-corrected chi connectivity index (χ3v) is 12.2. The minimum atomic E-state index is 1.12. The van der Waals surface area contributed by atoms with Gasteiger partial charge in [-0.1, -0.05) is 140 Å². The number of hydrogen-bond acceptors (Lipinski definition) is 3. The molecule has 0 fully saturated rings. The van der Waals surface area contributed by atoms with Crippen molar-refractivity contribution in [2.45, 2.75) is 0 Å². The predicted molar refractivity (Wildman–Crippen MR) is 223 cm³/mol. The SMILES string of the molecule is c1ccc(-c2cccc(N(c3ccc(-c4cccc5sc6ccccc6c45)cc3)c3ccc(-c4ccccc4)c4c3sc3ccccc34)c2)cc1. The van der Waals surface area contributed by atoms with E-state index in [2.05, 4.69) is 193 Å². The Hall–Kier alpha value is -6.00. The van der Waals surface area contributed by atoms with Gasteiger partial charge < -0.3 is 4.90 Å². The predicted octanol–water partition coefficient (Wildman–Crippen LogP) is 14.9. The summed E-state index contributed by atoms with van der Waals surface area (Å²) in [6, 6.07) is 68.5. The molecule has 0 aliphatic carbocycles. The molecule has 0 saturated carbocycles. The number of thiophene rings is 2. The van der Waals surface area contributed by atoms with Gasteiger partial charge in [0.15, 0.2) is 0 Å². The number of hydrogen-bond donors (Lipinski definition) is 0. The van der Waals surface area contributed by atoms with Crippen LogP contribution in [0.5, 0.6) is 0 Å². The van der Waals surface area contributed by atoms with Crippen molar-refractivity contribution in [3.8, 4) is 33.4 Å². The van der Waals surface area contributed by atoms with Gasteiger partial charge in [-0.15, -0.1) is 22.7 Å². The summed E-state index contributed by atoms with van der Waals surface area (Å²) in [5.74, 6) is 0. The van der Waals surface area contributed by atoms with Crippen LogP contribution in [0.3, 0.4) is 0 Å². The molecule has 0 amide bonds. The first-order valence-electron chi connectivity index (χ1n) is 17.3. The minimum absolute atomic E-state index is 1.12. The number of fused-ring (bicyclic) bond motifs is 6. The van der Waals surface area contributed by atoms with Crippen LogP contribution in [0.25, 0.3) is 73.7 Å². The molecule has 0 aliphatic rings. The Morgan fingerprint density at radius 2 is 0.902 bits per heavy atom. The van der Waals surface area contributed by atoms with Gasteiger partial charge in [0.05, 0.1) is 10.4 Å². The highest BCUT2D eigenvalue weighted by molar-refractivity contribution is 7.26. The zero-order valence-electron chi connectivity index (χ0n) is 27.7. The average Bonchev–Trinajstić information content (AvgIpc) is 3.79. The lowest BCUT2D eigenvalue weighted by molar-refractivity contribution is 1.30. The summed E-state index contributed by atoms with van der Waals surface area (Å²) in [6.45, 7) is 0. The van der Waals surface area contributed by atoms with Gasteiger partial charge >= 0.3 is 0 Å². The zero-order valence-corrected chi connectivity index (χ0v) is 29.3. The standard InChI is InChI=1S/C48H31NS2/c1-3-13-32(14-4-1)35-17-11-18-37(31-35)49(36-27-25-34(26-28-36)38-21-12-24-45-46(38)40-19-7-9-22-43(40)50-45)42-30-29-39(33-15-5-2-6-16-33)47-41-20-8-10-23-44(41)51-48(42)47/h1-31H. The van der Waals surface area contributed by atoms with Gasteiger partial charge in [0.1, 0.15) is 0 Å². The summed E-state index contributed by atoms with van der Waals surface area (Å²) in [5, 5.41) is 5.25. The van der Waals surface area contributed by atoms with Crippen molar-refractivity contribution in [2.75, 3.05) is 4.90 Å². The van der Waals surface area contributed by atoms with Crippen LogP contribution in [0.1, 0.15) is 0 Å². The molecule has 0 radical (unpaired) electrons. The molecule has 10 aromatic rings. The highest BCUT2D eigenvalue weighted by Gasteiger charge is 2.21. The molecule has 0 bridgehead atoms. The lowest BCUT2D eigenvalue weighted by atomic mass is 9.97. The fraction of sp³-hybridized carbons (Fsp3) is 0. The maximum Gasteiger partial charge on any atom is 0.0640 e. The molecule has 240 valence electrons. The second-order valence-corrected chi connectivity index (χ2v) is 15.0. The first-order chi connectivity index (χ1) is 25.3. The monoisotopic (exact) mass is 685 g/mol. The molecule has 2 aromatic heterocycles. The smallest absolute Gasteiger partial charge is 0.0640 e. The summed E-state index contributed by atoms with van der Waals surface area (Å²) in [5.41, 5.74) is 10.8. The largest absolute Gasteiger partial charge is 0.309 e. The molecule has 1 nitrogen and oxygen atoms in total. The molecule has 0 saturated heterocycles. The van der Waals surface area contributed by atoms with E-state index < -0.39 is 0 Å². The first kappa shape index (κ1) is 29.9. The van der Waals surface area contributed by atoms with Gasteiger partial charge in [0, 0.05) is 47.0 Å². The maximum atomic E-state index is 2.45. The Morgan fingerprint density at radius 3 is 1.67 bits per heavy atom. The molecule has 0 spiro atoms. The van der Waals surface area contributed by atoms with E-state index >= 15 is 0 Å². The molecule has 3 heteroatoms. The molecular weight excluding hydrogens is 655 g/mol. The number of nitrogens with zero attached hydrogens (tertiary/aromatic N) is 1. The first-order valence-corrected chi connectivity index (χ1v) is 18.9. The third kappa shape index (κ3) is 5.13. The topological polar surface area (TPSA) is 3.24 Å². The molecule has 51 heavy (non-hydrogen) atoms. The van der Waals surface area contributed by atoms with E-state index in [0.717, 1.165) is 11.4 Å². The Morgan fingerprint density at radius 1 is 0.333 bits per heavy atom. The van der Waals surface area contributed by atoms with Crippen LogP contribution >= 0.6 is 22.7 Å². The van der Waals surface area contributed by atoms with Crippen molar-refractivity contribution in [1.82, 2.24) is 0 Å². The van der Waals surface area contributed by atoms with Gasteiger partial charge in [-0.05, 0) is 81.9 Å². The minimum Gasteiger partial charge on any atom is -0.309 e. The zero-order chi connectivity index (χ0) is 33.7. The van der Waals surface area contributed by atoms with Crippen LogP contribution in [-0.4, -0.2) is 0 Å². The Balaban J connectivity index is 1.19. The van der Waals surface area contributed by atoms with Crippen molar-refractivity contribution in [3.05, 3.63) is 188 Å². The second-order valence-electron chi connectivity index (χ2n) is 12.9. The van der Waals surface area contributed by atoms with Crippen molar-refractivity contribution in [3.63, 3.8) is 0 Å². The lowest BCUT2D eigenvalue weighted by Crippen LogP contribution is -2.10. The average molecular weight is 686 g/mol. The molecule has 0 aliphatic heterocycles. The van der Waals surface area contributed by atoms with E-state index in [0.29, 0.717) is 0 Å². The maximum absolute atomic E-state index is 2.45. The fourth-order valence-corrected chi connectivity index (χ4v) is 9.90. The lowest BCUT2D eigenvalue weighted by Gasteiger charge is -2.27.